The maximum Gasteiger partial charge on any atom is 0.175 e. The number of para-hydroxylation sites is 1. The Morgan fingerprint density at radius 3 is 2.18 bits per heavy atom. The highest BCUT2D eigenvalue weighted by atomic mass is 16.5. The van der Waals surface area contributed by atoms with E-state index in [0.717, 1.165) is 34.4 Å². The molecule has 0 spiro atoms. The molecule has 140 valence electrons. The van der Waals surface area contributed by atoms with Gasteiger partial charge in [0, 0.05) is 11.3 Å². The lowest BCUT2D eigenvalue weighted by Gasteiger charge is -2.12. The first kappa shape index (κ1) is 17.8. The van der Waals surface area contributed by atoms with Gasteiger partial charge in [-0.3, -0.25) is 4.57 Å². The second-order valence-electron chi connectivity index (χ2n) is 6.44. The topological polar surface area (TPSA) is 49.2 Å². The Bertz CT molecular complexity index is 1040. The van der Waals surface area contributed by atoms with E-state index < -0.39 is 0 Å². The summed E-state index contributed by atoms with van der Waals surface area (Å²) in [5.74, 6) is 3.10. The van der Waals surface area contributed by atoms with Crippen LogP contribution in [0.2, 0.25) is 0 Å². The first-order chi connectivity index (χ1) is 13.7. The quantitative estimate of drug-likeness (QED) is 0.487. The van der Waals surface area contributed by atoms with E-state index in [0.29, 0.717) is 6.61 Å². The van der Waals surface area contributed by atoms with Crippen molar-refractivity contribution in [2.75, 3.05) is 7.11 Å². The average molecular weight is 371 g/mol. The van der Waals surface area contributed by atoms with E-state index in [1.54, 1.807) is 7.11 Å². The van der Waals surface area contributed by atoms with Crippen LogP contribution in [0, 0.1) is 6.92 Å². The molecule has 4 aromatic rings. The highest BCUT2D eigenvalue weighted by Crippen LogP contribution is 2.26. The van der Waals surface area contributed by atoms with Gasteiger partial charge in [0.15, 0.2) is 11.6 Å². The molecule has 1 aromatic heterocycles. The van der Waals surface area contributed by atoms with Crippen LogP contribution >= 0.6 is 0 Å². The fourth-order valence-corrected chi connectivity index (χ4v) is 2.97. The summed E-state index contributed by atoms with van der Waals surface area (Å²) in [5, 5.41) is 8.85. The lowest BCUT2D eigenvalue weighted by Crippen LogP contribution is -2.07. The number of hydrogen-bond donors (Lipinski definition) is 0. The molecule has 0 saturated carbocycles. The molecule has 1 heterocycles. The van der Waals surface area contributed by atoms with Gasteiger partial charge < -0.3 is 9.47 Å². The number of methoxy groups -OCH3 is 1. The molecule has 0 bridgehead atoms. The molecule has 0 aliphatic carbocycles. The van der Waals surface area contributed by atoms with Crippen molar-refractivity contribution in [2.24, 2.45) is 0 Å². The Labute approximate surface area is 164 Å². The van der Waals surface area contributed by atoms with Crippen molar-refractivity contribution in [3.05, 3.63) is 90.3 Å². The van der Waals surface area contributed by atoms with Crippen LogP contribution < -0.4 is 9.47 Å². The molecular formula is C23H21N3O2. The van der Waals surface area contributed by atoms with Gasteiger partial charge in [-0.25, -0.2) is 0 Å². The van der Waals surface area contributed by atoms with E-state index in [9.17, 15) is 0 Å². The predicted molar refractivity (Wildman–Crippen MR) is 109 cm³/mol. The molecule has 0 unspecified atom stereocenters. The summed E-state index contributed by atoms with van der Waals surface area (Å²) in [5.41, 5.74) is 3.15. The standard InChI is InChI=1S/C23H21N3O2/c1-17-8-12-19(13-9-17)26-22(16-28-21-6-4-3-5-7-21)24-25-23(26)18-10-14-20(27-2)15-11-18/h3-15H,16H2,1-2H3. The Morgan fingerprint density at radius 2 is 1.50 bits per heavy atom. The highest BCUT2D eigenvalue weighted by molar-refractivity contribution is 5.60. The zero-order valence-corrected chi connectivity index (χ0v) is 15.9. The number of rotatable bonds is 6. The minimum Gasteiger partial charge on any atom is -0.497 e. The molecule has 0 radical (unpaired) electrons. The molecule has 0 fully saturated rings. The van der Waals surface area contributed by atoms with Gasteiger partial charge in [-0.05, 0) is 55.5 Å². The fraction of sp³-hybridized carbons (Fsp3) is 0.130. The molecule has 5 nitrogen and oxygen atoms in total. The maximum atomic E-state index is 5.92. The van der Waals surface area contributed by atoms with Gasteiger partial charge in [0.05, 0.1) is 7.11 Å². The van der Waals surface area contributed by atoms with E-state index in [1.165, 1.54) is 5.56 Å². The summed E-state index contributed by atoms with van der Waals surface area (Å²) in [6.07, 6.45) is 0. The van der Waals surface area contributed by atoms with Crippen molar-refractivity contribution >= 4 is 0 Å². The first-order valence-electron chi connectivity index (χ1n) is 9.08. The second kappa shape index (κ2) is 7.96. The molecule has 28 heavy (non-hydrogen) atoms. The van der Waals surface area contributed by atoms with Crippen molar-refractivity contribution in [2.45, 2.75) is 13.5 Å². The average Bonchev–Trinajstić information content (AvgIpc) is 3.17. The Kier molecular flexibility index (Phi) is 5.06. The second-order valence-corrected chi connectivity index (χ2v) is 6.44. The summed E-state index contributed by atoms with van der Waals surface area (Å²) in [6.45, 7) is 2.39. The number of aryl methyl sites for hydroxylation is 1. The molecule has 0 saturated heterocycles. The molecule has 4 rings (SSSR count). The summed E-state index contributed by atoms with van der Waals surface area (Å²) < 4.78 is 13.2. The van der Waals surface area contributed by atoms with Crippen LogP contribution in [0.3, 0.4) is 0 Å². The number of nitrogens with zero attached hydrogens (tertiary/aromatic N) is 3. The largest absolute Gasteiger partial charge is 0.497 e. The zero-order valence-electron chi connectivity index (χ0n) is 15.9. The molecule has 3 aromatic carbocycles. The van der Waals surface area contributed by atoms with Crippen LogP contribution in [0.15, 0.2) is 78.9 Å². The summed E-state index contributed by atoms with van der Waals surface area (Å²) in [6, 6.07) is 25.8. The smallest absolute Gasteiger partial charge is 0.175 e. The Morgan fingerprint density at radius 1 is 0.786 bits per heavy atom. The van der Waals surface area contributed by atoms with E-state index in [-0.39, 0.29) is 0 Å². The number of hydrogen-bond acceptors (Lipinski definition) is 4. The highest BCUT2D eigenvalue weighted by Gasteiger charge is 2.16. The van der Waals surface area contributed by atoms with Crippen LogP contribution in [0.4, 0.5) is 0 Å². The summed E-state index contributed by atoms with van der Waals surface area (Å²) >= 11 is 0. The lowest BCUT2D eigenvalue weighted by atomic mass is 10.2. The van der Waals surface area contributed by atoms with Crippen molar-refractivity contribution in [1.82, 2.24) is 14.8 Å². The van der Waals surface area contributed by atoms with Gasteiger partial charge in [0.25, 0.3) is 0 Å². The number of aromatic nitrogens is 3. The third-order valence-electron chi connectivity index (χ3n) is 4.48. The molecule has 0 aliphatic rings. The summed E-state index contributed by atoms with van der Waals surface area (Å²) in [4.78, 5) is 0. The SMILES string of the molecule is COc1ccc(-c2nnc(COc3ccccc3)n2-c2ccc(C)cc2)cc1. The molecular weight excluding hydrogens is 350 g/mol. The predicted octanol–water partition coefficient (Wildman–Crippen LogP) is 4.83. The van der Waals surface area contributed by atoms with Gasteiger partial charge in [-0.15, -0.1) is 10.2 Å². The first-order valence-corrected chi connectivity index (χ1v) is 9.08. The van der Waals surface area contributed by atoms with Crippen molar-refractivity contribution in [3.63, 3.8) is 0 Å². The summed E-state index contributed by atoms with van der Waals surface area (Å²) in [7, 11) is 1.66. The van der Waals surface area contributed by atoms with Crippen LogP contribution in [0.1, 0.15) is 11.4 Å². The van der Waals surface area contributed by atoms with Crippen LogP contribution in [-0.4, -0.2) is 21.9 Å². The fourth-order valence-electron chi connectivity index (χ4n) is 2.97. The van der Waals surface area contributed by atoms with Crippen molar-refractivity contribution in [1.29, 1.82) is 0 Å². The third kappa shape index (κ3) is 3.74. The van der Waals surface area contributed by atoms with E-state index in [1.807, 2.05) is 59.2 Å². The van der Waals surface area contributed by atoms with E-state index in [4.69, 9.17) is 9.47 Å². The van der Waals surface area contributed by atoms with Crippen LogP contribution in [0.25, 0.3) is 17.1 Å². The van der Waals surface area contributed by atoms with Gasteiger partial charge in [0.2, 0.25) is 0 Å². The molecule has 0 N–H and O–H groups in total. The van der Waals surface area contributed by atoms with E-state index in [2.05, 4.69) is 41.4 Å². The van der Waals surface area contributed by atoms with Gasteiger partial charge in [0.1, 0.15) is 18.1 Å². The van der Waals surface area contributed by atoms with Crippen molar-refractivity contribution in [3.8, 4) is 28.6 Å². The monoisotopic (exact) mass is 371 g/mol. The molecule has 5 heteroatoms. The Balaban J connectivity index is 1.73. The van der Waals surface area contributed by atoms with Crippen LogP contribution in [0.5, 0.6) is 11.5 Å². The van der Waals surface area contributed by atoms with Gasteiger partial charge in [-0.2, -0.15) is 0 Å². The zero-order chi connectivity index (χ0) is 19.3. The van der Waals surface area contributed by atoms with Crippen molar-refractivity contribution < 1.29 is 9.47 Å². The maximum absolute atomic E-state index is 5.92. The Hall–Kier alpha value is -3.60. The minimum absolute atomic E-state index is 0.320. The van der Waals surface area contributed by atoms with Crippen LogP contribution in [-0.2, 0) is 6.61 Å². The molecule has 0 aliphatic heterocycles. The minimum atomic E-state index is 0.320. The molecule has 0 atom stereocenters. The van der Waals surface area contributed by atoms with E-state index >= 15 is 0 Å². The third-order valence-corrected chi connectivity index (χ3v) is 4.48. The van der Waals surface area contributed by atoms with Gasteiger partial charge in [-0.1, -0.05) is 35.9 Å². The van der Waals surface area contributed by atoms with Gasteiger partial charge >= 0.3 is 0 Å². The number of ether oxygens (including phenoxy) is 2. The lowest BCUT2D eigenvalue weighted by molar-refractivity contribution is 0.293. The molecule has 0 amide bonds. The normalized spacial score (nSPS) is 10.6. The number of benzene rings is 3.